The number of likely N-dealkylation sites (N-methyl/N-ethyl adjacent to an activating group) is 1. The Kier molecular flexibility index (Phi) is 10.8. The van der Waals surface area contributed by atoms with E-state index in [0.29, 0.717) is 6.04 Å². The third-order valence-corrected chi connectivity index (χ3v) is 5.33. The van der Waals surface area contributed by atoms with Gasteiger partial charge in [-0.25, -0.2) is 0 Å². The number of halogens is 1. The lowest BCUT2D eigenvalue weighted by molar-refractivity contribution is -0.146. The molecule has 0 aromatic carbocycles. The van der Waals surface area contributed by atoms with E-state index in [1.54, 1.807) is 0 Å². The van der Waals surface area contributed by atoms with Crippen molar-refractivity contribution in [1.29, 1.82) is 0 Å². The predicted octanol–water partition coefficient (Wildman–Crippen LogP) is 1.09. The number of piperazine rings is 1. The van der Waals surface area contributed by atoms with Gasteiger partial charge >= 0.3 is 5.97 Å². The Bertz CT molecular complexity index is 447. The van der Waals surface area contributed by atoms with Crippen molar-refractivity contribution in [2.75, 3.05) is 66.5 Å². The maximum atomic E-state index is 11.7. The second kappa shape index (κ2) is 12.0. The number of piperidine rings is 1. The van der Waals surface area contributed by atoms with Crippen molar-refractivity contribution in [3.05, 3.63) is 0 Å². The summed E-state index contributed by atoms with van der Waals surface area (Å²) in [5, 5.41) is 3.41. The Morgan fingerprint density at radius 2 is 1.81 bits per heavy atom. The molecule has 1 unspecified atom stereocenters. The van der Waals surface area contributed by atoms with Gasteiger partial charge < -0.3 is 19.9 Å². The molecule has 2 aliphatic rings. The Hall–Kier alpha value is -0.610. The van der Waals surface area contributed by atoms with Gasteiger partial charge in [0.1, 0.15) is 0 Å². The van der Waals surface area contributed by atoms with Crippen LogP contribution in [0.1, 0.15) is 26.7 Å². The van der Waals surface area contributed by atoms with E-state index in [9.17, 15) is 4.79 Å². The number of hydrogen-bond donors (Lipinski definition) is 1. The summed E-state index contributed by atoms with van der Waals surface area (Å²) in [6, 6.07) is 0.454. The fourth-order valence-corrected chi connectivity index (χ4v) is 3.52. The lowest BCUT2D eigenvalue weighted by atomic mass is 9.97. The summed E-state index contributed by atoms with van der Waals surface area (Å²) in [6.07, 6.45) is 1.68. The first-order valence-corrected chi connectivity index (χ1v) is 9.58. The summed E-state index contributed by atoms with van der Waals surface area (Å²) in [6.45, 7) is 12.2. The first-order valence-electron chi connectivity index (χ1n) is 9.58. The highest BCUT2D eigenvalue weighted by atomic mass is 127. The largest absolute Gasteiger partial charge is 0.469 e. The van der Waals surface area contributed by atoms with Crippen LogP contribution in [0.3, 0.4) is 0 Å². The average molecular weight is 481 g/mol. The molecule has 152 valence electrons. The summed E-state index contributed by atoms with van der Waals surface area (Å²) in [5.74, 6) is 0.936. The minimum atomic E-state index is -0.0784. The predicted molar refractivity (Wildman–Crippen MR) is 116 cm³/mol. The molecule has 0 saturated carbocycles. The number of hydrogen-bond acceptors (Lipinski definition) is 5. The lowest BCUT2D eigenvalue weighted by Crippen LogP contribution is -2.50. The highest BCUT2D eigenvalue weighted by Gasteiger charge is 2.27. The number of esters is 1. The van der Waals surface area contributed by atoms with Crippen LogP contribution in [-0.2, 0) is 9.53 Å². The van der Waals surface area contributed by atoms with Crippen LogP contribution in [0.2, 0.25) is 0 Å². The molecule has 0 radical (unpaired) electrons. The molecule has 2 rings (SSSR count). The van der Waals surface area contributed by atoms with Crippen LogP contribution >= 0.6 is 24.0 Å². The van der Waals surface area contributed by atoms with Crippen LogP contribution in [0.5, 0.6) is 0 Å². The van der Waals surface area contributed by atoms with Crippen LogP contribution < -0.4 is 5.32 Å². The summed E-state index contributed by atoms with van der Waals surface area (Å²) in [5.41, 5.74) is 0. The number of rotatable bonds is 5. The van der Waals surface area contributed by atoms with Crippen LogP contribution in [-0.4, -0.2) is 99.2 Å². The van der Waals surface area contributed by atoms with Gasteiger partial charge in [-0.3, -0.25) is 14.7 Å². The fourth-order valence-electron chi connectivity index (χ4n) is 3.52. The lowest BCUT2D eigenvalue weighted by Gasteiger charge is -2.36. The van der Waals surface area contributed by atoms with Gasteiger partial charge in [0.15, 0.2) is 5.96 Å². The van der Waals surface area contributed by atoms with Crippen molar-refractivity contribution < 1.29 is 9.53 Å². The Morgan fingerprint density at radius 1 is 1.19 bits per heavy atom. The van der Waals surface area contributed by atoms with E-state index in [4.69, 9.17) is 9.73 Å². The summed E-state index contributed by atoms with van der Waals surface area (Å²) in [4.78, 5) is 23.7. The van der Waals surface area contributed by atoms with Gasteiger partial charge in [0.25, 0.3) is 0 Å². The van der Waals surface area contributed by atoms with Gasteiger partial charge in [-0.2, -0.15) is 0 Å². The van der Waals surface area contributed by atoms with Crippen molar-refractivity contribution >= 4 is 35.9 Å². The number of ether oxygens (including phenoxy) is 1. The molecule has 0 aromatic heterocycles. The highest BCUT2D eigenvalue weighted by Crippen LogP contribution is 2.18. The maximum absolute atomic E-state index is 11.7. The van der Waals surface area contributed by atoms with Crippen molar-refractivity contribution in [3.8, 4) is 0 Å². The van der Waals surface area contributed by atoms with Crippen molar-refractivity contribution in [2.45, 2.75) is 32.7 Å². The zero-order valence-electron chi connectivity index (χ0n) is 16.7. The molecule has 2 heterocycles. The van der Waals surface area contributed by atoms with Gasteiger partial charge in [-0.05, 0) is 33.7 Å². The molecule has 2 aliphatic heterocycles. The zero-order chi connectivity index (χ0) is 18.2. The highest BCUT2D eigenvalue weighted by molar-refractivity contribution is 14.0. The Balaban J connectivity index is 0.00000338. The second-order valence-electron chi connectivity index (χ2n) is 7.17. The minimum absolute atomic E-state index is 0. The van der Waals surface area contributed by atoms with Gasteiger partial charge in [0.2, 0.25) is 0 Å². The van der Waals surface area contributed by atoms with Crippen LogP contribution in [0.25, 0.3) is 0 Å². The average Bonchev–Trinajstić information content (AvgIpc) is 2.65. The zero-order valence-corrected chi connectivity index (χ0v) is 19.1. The van der Waals surface area contributed by atoms with E-state index in [-0.39, 0.29) is 35.9 Å². The molecule has 7 nitrogen and oxygen atoms in total. The van der Waals surface area contributed by atoms with E-state index in [0.717, 1.165) is 71.2 Å². The van der Waals surface area contributed by atoms with Crippen LogP contribution in [0.15, 0.2) is 4.99 Å². The Labute approximate surface area is 175 Å². The van der Waals surface area contributed by atoms with E-state index >= 15 is 0 Å². The van der Waals surface area contributed by atoms with E-state index in [2.05, 4.69) is 40.9 Å². The number of methoxy groups -OCH3 is 1. The van der Waals surface area contributed by atoms with Gasteiger partial charge in [-0.15, -0.1) is 24.0 Å². The second-order valence-corrected chi connectivity index (χ2v) is 7.17. The van der Waals surface area contributed by atoms with E-state index in [1.807, 2.05) is 0 Å². The molecular formula is C18H36IN5O2. The molecule has 0 amide bonds. The van der Waals surface area contributed by atoms with Crippen molar-refractivity contribution in [1.82, 2.24) is 20.0 Å². The summed E-state index contributed by atoms with van der Waals surface area (Å²) < 4.78 is 4.87. The smallest absolute Gasteiger partial charge is 0.308 e. The van der Waals surface area contributed by atoms with E-state index < -0.39 is 0 Å². The number of nitrogens with one attached hydrogen (secondary N) is 1. The van der Waals surface area contributed by atoms with Gasteiger partial charge in [-0.1, -0.05) is 0 Å². The third-order valence-electron chi connectivity index (χ3n) is 5.33. The number of nitrogens with zero attached hydrogens (tertiary/aromatic N) is 4. The van der Waals surface area contributed by atoms with Gasteiger partial charge in [0, 0.05) is 51.9 Å². The Morgan fingerprint density at radius 3 is 2.35 bits per heavy atom. The minimum Gasteiger partial charge on any atom is -0.469 e. The summed E-state index contributed by atoms with van der Waals surface area (Å²) in [7, 11) is 3.65. The fraction of sp³-hybridized carbons (Fsp3) is 0.889. The molecule has 0 bridgehead atoms. The first-order chi connectivity index (χ1) is 12.0. The molecule has 0 aromatic rings. The van der Waals surface area contributed by atoms with Crippen LogP contribution in [0.4, 0.5) is 0 Å². The normalized spacial score (nSPS) is 21.8. The molecule has 26 heavy (non-hydrogen) atoms. The standard InChI is InChI=1S/C18H35N5O2.HI/c1-5-19-18(23-8-6-16(7-9-23)17(24)25-4)20-14-15(2)22-12-10-21(3)11-13-22;/h15-16H,5-14H2,1-4H3,(H,19,20);1H. The molecule has 2 fully saturated rings. The SMILES string of the molecule is CCNC(=NCC(C)N1CCN(C)CC1)N1CCC(C(=O)OC)CC1.I. The molecular weight excluding hydrogens is 445 g/mol. The van der Waals surface area contributed by atoms with Crippen molar-refractivity contribution in [2.24, 2.45) is 10.9 Å². The molecule has 1 atom stereocenters. The molecule has 1 N–H and O–H groups in total. The maximum Gasteiger partial charge on any atom is 0.308 e. The molecule has 2 saturated heterocycles. The van der Waals surface area contributed by atoms with Crippen LogP contribution in [0, 0.1) is 5.92 Å². The molecule has 8 heteroatoms. The number of carbonyl (C=O) groups excluding carboxylic acids is 1. The number of carbonyl (C=O) groups is 1. The summed E-state index contributed by atoms with van der Waals surface area (Å²) >= 11 is 0. The quantitative estimate of drug-likeness (QED) is 0.275. The third kappa shape index (κ3) is 6.84. The monoisotopic (exact) mass is 481 g/mol. The number of aliphatic imine (C=N–C) groups is 1. The first kappa shape index (κ1) is 23.4. The van der Waals surface area contributed by atoms with Crippen molar-refractivity contribution in [3.63, 3.8) is 0 Å². The molecule has 0 spiro atoms. The topological polar surface area (TPSA) is 60.4 Å². The molecule has 0 aliphatic carbocycles. The number of likely N-dealkylation sites (tertiary alicyclic amines) is 1. The number of guanidine groups is 1. The van der Waals surface area contributed by atoms with Gasteiger partial charge in [0.05, 0.1) is 19.6 Å². The van der Waals surface area contributed by atoms with E-state index in [1.165, 1.54) is 7.11 Å².